The van der Waals surface area contributed by atoms with Crippen LogP contribution in [0.25, 0.3) is 10.9 Å². The second-order valence-electron chi connectivity index (χ2n) is 8.85. The summed E-state index contributed by atoms with van der Waals surface area (Å²) in [7, 11) is 4.07. The Morgan fingerprint density at radius 2 is 1.88 bits per heavy atom. The molecule has 1 aromatic heterocycles. The lowest BCUT2D eigenvalue weighted by atomic mass is 9.85. The summed E-state index contributed by atoms with van der Waals surface area (Å²) in [5.74, 6) is 0.665. The number of hydrogen-bond donors (Lipinski definition) is 2. The normalized spacial score (nSPS) is 18.2. The minimum Gasteiger partial charge on any atom is -0.377 e. The monoisotopic (exact) mass is 469 g/mol. The molecule has 3 N–H and O–H groups in total. The lowest BCUT2D eigenvalue weighted by Gasteiger charge is -2.33. The molecular formula is C25H29ClFN5O. The number of carbonyl (C=O) groups excluding carboxylic acids is 1. The quantitative estimate of drug-likeness (QED) is 0.489. The maximum absolute atomic E-state index is 13.5. The van der Waals surface area contributed by atoms with Crippen LogP contribution in [0.3, 0.4) is 0 Å². The highest BCUT2D eigenvalue weighted by atomic mass is 35.5. The van der Waals surface area contributed by atoms with Gasteiger partial charge in [0.1, 0.15) is 11.6 Å². The highest BCUT2D eigenvalue weighted by molar-refractivity contribution is 6.31. The first-order valence-corrected chi connectivity index (χ1v) is 11.6. The van der Waals surface area contributed by atoms with E-state index >= 15 is 0 Å². The van der Waals surface area contributed by atoms with Crippen LogP contribution < -0.4 is 20.9 Å². The molecule has 0 spiro atoms. The van der Waals surface area contributed by atoms with Crippen molar-refractivity contribution < 1.29 is 9.18 Å². The van der Waals surface area contributed by atoms with Crippen LogP contribution in [0.15, 0.2) is 48.5 Å². The fourth-order valence-corrected chi connectivity index (χ4v) is 4.71. The van der Waals surface area contributed by atoms with Gasteiger partial charge in [0.05, 0.1) is 10.5 Å². The van der Waals surface area contributed by atoms with Gasteiger partial charge in [-0.3, -0.25) is 4.90 Å². The molecule has 1 saturated carbocycles. The maximum atomic E-state index is 13.5. The van der Waals surface area contributed by atoms with E-state index in [9.17, 15) is 9.18 Å². The Bertz CT molecular complexity index is 1150. The number of nitrogens with zero attached hydrogens (tertiary/aromatic N) is 3. The van der Waals surface area contributed by atoms with E-state index in [-0.39, 0.29) is 5.02 Å². The number of rotatable bonds is 6. The predicted octanol–water partition coefficient (Wildman–Crippen LogP) is 5.65. The Labute approximate surface area is 198 Å². The van der Waals surface area contributed by atoms with Gasteiger partial charge in [-0.2, -0.15) is 0 Å². The van der Waals surface area contributed by atoms with Crippen molar-refractivity contribution in [1.82, 2.24) is 4.98 Å². The third kappa shape index (κ3) is 5.30. The van der Waals surface area contributed by atoms with Crippen LogP contribution in [0.2, 0.25) is 5.02 Å². The number of nitrogens with two attached hydrogens (primary N) is 1. The number of primary amides is 1. The summed E-state index contributed by atoms with van der Waals surface area (Å²) in [6.45, 7) is 0.489. The molecule has 8 heteroatoms. The van der Waals surface area contributed by atoms with Crippen molar-refractivity contribution in [2.75, 3.05) is 35.8 Å². The zero-order valence-electron chi connectivity index (χ0n) is 18.9. The lowest BCUT2D eigenvalue weighted by molar-refractivity contribution is 0.250. The number of pyridine rings is 1. The molecule has 4 rings (SSSR count). The molecule has 33 heavy (non-hydrogen) atoms. The van der Waals surface area contributed by atoms with Gasteiger partial charge in [0, 0.05) is 49.5 Å². The van der Waals surface area contributed by atoms with E-state index in [0.717, 1.165) is 48.1 Å². The van der Waals surface area contributed by atoms with Crippen molar-refractivity contribution >= 4 is 45.7 Å². The van der Waals surface area contributed by atoms with Crippen LogP contribution in [-0.4, -0.2) is 37.7 Å². The Morgan fingerprint density at radius 3 is 2.55 bits per heavy atom. The van der Waals surface area contributed by atoms with Crippen LogP contribution >= 0.6 is 11.6 Å². The van der Waals surface area contributed by atoms with Crippen LogP contribution in [0, 0.1) is 11.7 Å². The second kappa shape index (κ2) is 9.83. The fraction of sp³-hybridized carbons (Fsp3) is 0.360. The molecule has 2 aromatic carbocycles. The topological polar surface area (TPSA) is 74.5 Å². The van der Waals surface area contributed by atoms with Gasteiger partial charge in [0.25, 0.3) is 0 Å². The summed E-state index contributed by atoms with van der Waals surface area (Å²) in [4.78, 5) is 20.5. The minimum absolute atomic E-state index is 0.0216. The Balaban J connectivity index is 1.40. The smallest absolute Gasteiger partial charge is 0.319 e. The number of benzene rings is 2. The van der Waals surface area contributed by atoms with E-state index in [4.69, 9.17) is 22.3 Å². The third-order valence-electron chi connectivity index (χ3n) is 6.30. The molecule has 3 aromatic rings. The van der Waals surface area contributed by atoms with Gasteiger partial charge in [-0.15, -0.1) is 0 Å². The van der Waals surface area contributed by atoms with Gasteiger partial charge in [-0.25, -0.2) is 14.2 Å². The number of fused-ring (bicyclic) bond motifs is 1. The molecule has 0 aliphatic heterocycles. The average molecular weight is 470 g/mol. The standard InChI is InChI=1S/C25H29ClFN5O/c1-31(2)23-14-24(30-22-6-4-3-5-19(22)23)29-17-9-7-16(8-10-17)15-32(25(28)33)18-11-12-21(27)20(26)13-18/h3-6,11-14,16-17H,7-10,15H2,1-2H3,(H2,28,33)(H,29,30). The first-order chi connectivity index (χ1) is 15.8. The molecule has 2 amide bonds. The van der Waals surface area contributed by atoms with Gasteiger partial charge in [-0.05, 0) is 55.9 Å². The molecule has 1 aliphatic rings. The summed E-state index contributed by atoms with van der Waals surface area (Å²) in [5.41, 5.74) is 8.23. The van der Waals surface area contributed by atoms with Gasteiger partial charge in [0.15, 0.2) is 0 Å². The maximum Gasteiger partial charge on any atom is 0.319 e. The molecule has 6 nitrogen and oxygen atoms in total. The van der Waals surface area contributed by atoms with E-state index in [2.05, 4.69) is 22.3 Å². The van der Waals surface area contributed by atoms with E-state index in [0.29, 0.717) is 24.2 Å². The molecule has 174 valence electrons. The highest BCUT2D eigenvalue weighted by Crippen LogP contribution is 2.32. The number of amides is 2. The summed E-state index contributed by atoms with van der Waals surface area (Å²) >= 11 is 5.90. The van der Waals surface area contributed by atoms with E-state index in [1.165, 1.54) is 23.1 Å². The van der Waals surface area contributed by atoms with Crippen LogP contribution in [0.5, 0.6) is 0 Å². The molecule has 1 heterocycles. The molecule has 1 fully saturated rings. The molecule has 0 radical (unpaired) electrons. The number of hydrogen-bond acceptors (Lipinski definition) is 4. The zero-order chi connectivity index (χ0) is 23.5. The van der Waals surface area contributed by atoms with Gasteiger partial charge < -0.3 is 16.0 Å². The van der Waals surface area contributed by atoms with Crippen molar-refractivity contribution in [1.29, 1.82) is 0 Å². The molecule has 0 saturated heterocycles. The molecule has 1 aliphatic carbocycles. The van der Waals surface area contributed by atoms with Crippen LogP contribution in [0.4, 0.5) is 26.4 Å². The summed E-state index contributed by atoms with van der Waals surface area (Å²) < 4.78 is 13.5. The summed E-state index contributed by atoms with van der Waals surface area (Å²) in [6, 6.07) is 14.2. The van der Waals surface area contributed by atoms with Crippen LogP contribution in [0.1, 0.15) is 25.7 Å². The first-order valence-electron chi connectivity index (χ1n) is 11.2. The number of aromatic nitrogens is 1. The molecule has 0 unspecified atom stereocenters. The summed E-state index contributed by atoms with van der Waals surface area (Å²) in [6.07, 6.45) is 3.83. The Kier molecular flexibility index (Phi) is 6.88. The van der Waals surface area contributed by atoms with Gasteiger partial charge >= 0.3 is 6.03 Å². The largest absolute Gasteiger partial charge is 0.377 e. The highest BCUT2D eigenvalue weighted by Gasteiger charge is 2.26. The lowest BCUT2D eigenvalue weighted by Crippen LogP contribution is -2.41. The minimum atomic E-state index is -0.561. The molecular weight excluding hydrogens is 441 g/mol. The predicted molar refractivity (Wildman–Crippen MR) is 134 cm³/mol. The Hall–Kier alpha value is -3.06. The van der Waals surface area contributed by atoms with E-state index < -0.39 is 11.8 Å². The number of nitrogens with one attached hydrogen (secondary N) is 1. The van der Waals surface area contributed by atoms with Gasteiger partial charge in [0.2, 0.25) is 0 Å². The number of urea groups is 1. The van der Waals surface area contributed by atoms with E-state index in [1.807, 2.05) is 32.3 Å². The van der Waals surface area contributed by atoms with Crippen molar-refractivity contribution in [2.45, 2.75) is 31.7 Å². The van der Waals surface area contributed by atoms with E-state index in [1.54, 1.807) is 0 Å². The second-order valence-corrected chi connectivity index (χ2v) is 9.25. The fourth-order valence-electron chi connectivity index (χ4n) is 4.53. The summed E-state index contributed by atoms with van der Waals surface area (Å²) in [5, 5.41) is 4.72. The number of para-hydroxylation sites is 1. The van der Waals surface area contributed by atoms with Crippen molar-refractivity contribution in [2.24, 2.45) is 11.7 Å². The average Bonchev–Trinajstić information content (AvgIpc) is 2.79. The molecule has 0 atom stereocenters. The first kappa shape index (κ1) is 23.1. The van der Waals surface area contributed by atoms with Crippen molar-refractivity contribution in [3.8, 4) is 0 Å². The molecule has 0 bridgehead atoms. The van der Waals surface area contributed by atoms with Crippen LogP contribution in [-0.2, 0) is 0 Å². The Morgan fingerprint density at radius 1 is 1.15 bits per heavy atom. The third-order valence-corrected chi connectivity index (χ3v) is 6.59. The van der Waals surface area contributed by atoms with Crippen molar-refractivity contribution in [3.63, 3.8) is 0 Å². The zero-order valence-corrected chi connectivity index (χ0v) is 19.6. The number of halogens is 2. The van der Waals surface area contributed by atoms with Crippen molar-refractivity contribution in [3.05, 3.63) is 59.4 Å². The van der Waals surface area contributed by atoms with Gasteiger partial charge in [-0.1, -0.05) is 29.8 Å². The number of anilines is 3. The number of carbonyl (C=O) groups is 1. The SMILES string of the molecule is CN(C)c1cc(NC2CCC(CN(C(N)=O)c3ccc(F)c(Cl)c3)CC2)nc2ccccc12.